The molecule has 0 radical (unpaired) electrons. The number of hydrogen-bond donors (Lipinski definition) is 2. The minimum atomic E-state index is -0.547. The van der Waals surface area contributed by atoms with Crippen molar-refractivity contribution in [2.75, 3.05) is 47.9 Å². The molecule has 12 heteroatoms. The van der Waals surface area contributed by atoms with Crippen LogP contribution in [0.1, 0.15) is 29.4 Å². The lowest BCUT2D eigenvalue weighted by molar-refractivity contribution is -0.144. The van der Waals surface area contributed by atoms with E-state index in [0.29, 0.717) is 20.6 Å². The van der Waals surface area contributed by atoms with E-state index in [2.05, 4.69) is 15.5 Å². The molecule has 0 spiro atoms. The van der Waals surface area contributed by atoms with Gasteiger partial charge in [-0.15, -0.1) is 11.3 Å². The van der Waals surface area contributed by atoms with Gasteiger partial charge in [0.15, 0.2) is 6.61 Å². The molecule has 1 aromatic carbocycles. The van der Waals surface area contributed by atoms with Crippen LogP contribution in [0.4, 0.5) is 21.9 Å². The summed E-state index contributed by atoms with van der Waals surface area (Å²) in [4.78, 5) is 52.3. The average molecular weight is 521 g/mol. The van der Waals surface area contributed by atoms with E-state index in [1.54, 1.807) is 24.3 Å². The Morgan fingerprint density at radius 2 is 1.97 bits per heavy atom. The van der Waals surface area contributed by atoms with Crippen LogP contribution in [-0.2, 0) is 19.1 Å². The number of nitrogens with zero attached hydrogens (tertiary/aromatic N) is 2. The largest absolute Gasteiger partial charge is 0.456 e. The lowest BCUT2D eigenvalue weighted by Crippen LogP contribution is -2.34. The van der Waals surface area contributed by atoms with E-state index in [9.17, 15) is 19.2 Å². The number of carbonyl (C=O) groups excluding carboxylic acids is 4. The van der Waals surface area contributed by atoms with Gasteiger partial charge in [-0.2, -0.15) is 0 Å². The monoisotopic (exact) mass is 520 g/mol. The third-order valence-electron chi connectivity index (χ3n) is 5.58. The number of nitrogens with one attached hydrogen (secondary N) is 2. The molecule has 2 aromatic rings. The molecule has 0 aliphatic carbocycles. The third kappa shape index (κ3) is 6.23. The van der Waals surface area contributed by atoms with Gasteiger partial charge in [-0.25, -0.2) is 4.79 Å². The molecule has 3 heterocycles. The number of rotatable bonds is 8. The van der Waals surface area contributed by atoms with Crippen molar-refractivity contribution in [1.82, 2.24) is 5.32 Å². The molecule has 3 amide bonds. The number of anilines is 3. The molecule has 0 bridgehead atoms. The molecular weight excluding hydrogens is 496 g/mol. The molecule has 1 atom stereocenters. The van der Waals surface area contributed by atoms with Crippen molar-refractivity contribution < 1.29 is 28.7 Å². The second kappa shape index (κ2) is 11.0. The molecule has 2 N–H and O–H groups in total. The maximum atomic E-state index is 12.6. The lowest BCUT2D eigenvalue weighted by atomic mass is 10.2. The van der Waals surface area contributed by atoms with Crippen molar-refractivity contribution in [2.24, 2.45) is 0 Å². The predicted molar refractivity (Wildman–Crippen MR) is 132 cm³/mol. The number of thiophene rings is 1. The minimum Gasteiger partial charge on any atom is -0.456 e. The van der Waals surface area contributed by atoms with Crippen molar-refractivity contribution in [1.29, 1.82) is 0 Å². The van der Waals surface area contributed by atoms with Crippen molar-refractivity contribution in [2.45, 2.75) is 25.9 Å². The van der Waals surface area contributed by atoms with Gasteiger partial charge in [0.25, 0.3) is 11.8 Å². The maximum Gasteiger partial charge on any atom is 0.414 e. The first-order chi connectivity index (χ1) is 16.8. The number of benzene rings is 1. The first kappa shape index (κ1) is 24.8. The minimum absolute atomic E-state index is 0.147. The smallest absolute Gasteiger partial charge is 0.414 e. The summed E-state index contributed by atoms with van der Waals surface area (Å²) in [6.07, 6.45) is 1.01. The Balaban J connectivity index is 1.45. The number of ether oxygens (including phenoxy) is 2. The second-order valence-corrected chi connectivity index (χ2v) is 9.87. The number of cyclic esters (lactones) is 1. The molecule has 2 aliphatic heterocycles. The Hall–Kier alpha value is -3.31. The second-order valence-electron chi connectivity index (χ2n) is 8.15. The van der Waals surface area contributed by atoms with Crippen LogP contribution >= 0.6 is 22.9 Å². The van der Waals surface area contributed by atoms with Gasteiger partial charge in [0, 0.05) is 25.7 Å². The molecule has 35 heavy (non-hydrogen) atoms. The highest BCUT2D eigenvalue weighted by atomic mass is 35.5. The molecule has 4 rings (SSSR count). The van der Waals surface area contributed by atoms with Gasteiger partial charge in [-0.05, 0) is 43.2 Å². The molecule has 1 unspecified atom stereocenters. The van der Waals surface area contributed by atoms with Crippen LogP contribution < -0.4 is 20.4 Å². The number of esters is 1. The molecular formula is C23H25ClN4O6S. The van der Waals surface area contributed by atoms with E-state index in [-0.39, 0.29) is 19.0 Å². The van der Waals surface area contributed by atoms with Gasteiger partial charge in [0.2, 0.25) is 0 Å². The van der Waals surface area contributed by atoms with E-state index in [4.69, 9.17) is 21.1 Å². The van der Waals surface area contributed by atoms with Gasteiger partial charge in [-0.1, -0.05) is 11.6 Å². The van der Waals surface area contributed by atoms with E-state index < -0.39 is 30.7 Å². The average Bonchev–Trinajstić information content (AvgIpc) is 3.57. The molecule has 186 valence electrons. The van der Waals surface area contributed by atoms with Gasteiger partial charge in [0.1, 0.15) is 6.10 Å². The summed E-state index contributed by atoms with van der Waals surface area (Å²) < 4.78 is 10.7. The summed E-state index contributed by atoms with van der Waals surface area (Å²) in [6.45, 7) is 2.92. The van der Waals surface area contributed by atoms with Gasteiger partial charge in [-0.3, -0.25) is 19.3 Å². The van der Waals surface area contributed by atoms with E-state index >= 15 is 0 Å². The summed E-state index contributed by atoms with van der Waals surface area (Å²) in [6, 6.07) is 8.63. The zero-order chi connectivity index (χ0) is 24.9. The summed E-state index contributed by atoms with van der Waals surface area (Å²) in [5.41, 5.74) is 1.88. The predicted octanol–water partition coefficient (Wildman–Crippen LogP) is 3.26. The van der Waals surface area contributed by atoms with Crippen LogP contribution in [0.25, 0.3) is 0 Å². The van der Waals surface area contributed by atoms with Crippen molar-refractivity contribution in [3.05, 3.63) is 39.5 Å². The fourth-order valence-electron chi connectivity index (χ4n) is 3.95. The highest BCUT2D eigenvalue weighted by molar-refractivity contribution is 7.18. The van der Waals surface area contributed by atoms with E-state index in [1.165, 1.54) is 23.2 Å². The van der Waals surface area contributed by atoms with Crippen LogP contribution in [-0.4, -0.2) is 62.8 Å². The van der Waals surface area contributed by atoms with Gasteiger partial charge < -0.3 is 25.0 Å². The molecule has 2 saturated heterocycles. The standard InChI is InChI=1S/C23H25ClN4O6S/c1-14(29)33-13-21(30)26-17-10-15(4-5-18(17)27-8-2-3-9-27)28-12-16(34-23(28)32)11-25-22(31)19-6-7-20(24)35-19/h4-7,10,16H,2-3,8-9,11-13H2,1H3,(H,25,31)(H,26,30). The van der Waals surface area contributed by atoms with Crippen LogP contribution in [0.15, 0.2) is 30.3 Å². The molecule has 2 fully saturated rings. The van der Waals surface area contributed by atoms with Gasteiger partial charge >= 0.3 is 12.1 Å². The zero-order valence-electron chi connectivity index (χ0n) is 19.0. The molecule has 2 aliphatic rings. The highest BCUT2D eigenvalue weighted by Crippen LogP contribution is 2.34. The first-order valence-electron chi connectivity index (χ1n) is 11.1. The Kier molecular flexibility index (Phi) is 7.76. The normalized spacial score (nSPS) is 17.3. The summed E-state index contributed by atoms with van der Waals surface area (Å²) in [7, 11) is 0. The van der Waals surface area contributed by atoms with Crippen LogP contribution in [0, 0.1) is 0 Å². The summed E-state index contributed by atoms with van der Waals surface area (Å²) >= 11 is 7.05. The Morgan fingerprint density at radius 3 is 2.66 bits per heavy atom. The molecule has 10 nitrogen and oxygen atoms in total. The zero-order valence-corrected chi connectivity index (χ0v) is 20.6. The number of carbonyl (C=O) groups is 4. The highest BCUT2D eigenvalue weighted by Gasteiger charge is 2.33. The maximum absolute atomic E-state index is 12.6. The fraction of sp³-hybridized carbons (Fsp3) is 0.391. The van der Waals surface area contributed by atoms with Crippen LogP contribution in [0.2, 0.25) is 4.34 Å². The number of halogens is 1. The number of amides is 3. The van der Waals surface area contributed by atoms with Crippen LogP contribution in [0.3, 0.4) is 0 Å². The van der Waals surface area contributed by atoms with E-state index in [1.807, 2.05) is 6.07 Å². The van der Waals surface area contributed by atoms with Crippen molar-refractivity contribution in [3.63, 3.8) is 0 Å². The quantitative estimate of drug-likeness (QED) is 0.513. The molecule has 0 saturated carbocycles. The Bertz CT molecular complexity index is 1130. The Labute approximate surface area is 211 Å². The van der Waals surface area contributed by atoms with Crippen LogP contribution in [0.5, 0.6) is 0 Å². The van der Waals surface area contributed by atoms with E-state index in [0.717, 1.165) is 31.6 Å². The first-order valence-corrected chi connectivity index (χ1v) is 12.3. The number of hydrogen-bond acceptors (Lipinski definition) is 8. The lowest BCUT2D eigenvalue weighted by Gasteiger charge is -2.24. The summed E-state index contributed by atoms with van der Waals surface area (Å²) in [5, 5.41) is 5.55. The topological polar surface area (TPSA) is 117 Å². The Morgan fingerprint density at radius 1 is 1.20 bits per heavy atom. The van der Waals surface area contributed by atoms with Crippen molar-refractivity contribution >= 4 is 63.9 Å². The third-order valence-corrected chi connectivity index (χ3v) is 6.81. The molecule has 1 aromatic heterocycles. The fourth-order valence-corrected chi connectivity index (χ4v) is 4.91. The SMILES string of the molecule is CC(=O)OCC(=O)Nc1cc(N2CC(CNC(=O)c3ccc(Cl)s3)OC2=O)ccc1N1CCCC1. The van der Waals surface area contributed by atoms with Crippen molar-refractivity contribution in [3.8, 4) is 0 Å². The summed E-state index contributed by atoms with van der Waals surface area (Å²) in [5.74, 6) is -1.31. The van der Waals surface area contributed by atoms with Gasteiger partial charge in [0.05, 0.1) is 33.7 Å².